The van der Waals surface area contributed by atoms with Crippen LogP contribution in [0.2, 0.25) is 5.02 Å². The predicted octanol–water partition coefficient (Wildman–Crippen LogP) is 2.75. The lowest BCUT2D eigenvalue weighted by molar-refractivity contribution is -0.120. The third kappa shape index (κ3) is 3.12. The van der Waals surface area contributed by atoms with Crippen LogP contribution in [0.1, 0.15) is 12.2 Å². The molecule has 0 saturated carbocycles. The number of fused-ring (bicyclic) bond motifs is 1. The maximum Gasteiger partial charge on any atom is 0.228 e. The van der Waals surface area contributed by atoms with Crippen LogP contribution >= 0.6 is 11.6 Å². The van der Waals surface area contributed by atoms with Crippen LogP contribution in [0.5, 0.6) is 11.5 Å². The van der Waals surface area contributed by atoms with Gasteiger partial charge in [-0.3, -0.25) is 4.79 Å². The Kier molecular flexibility index (Phi) is 4.43. The second-order valence-corrected chi connectivity index (χ2v) is 5.81. The molecule has 0 spiro atoms. The van der Waals surface area contributed by atoms with Gasteiger partial charge < -0.3 is 19.4 Å². The van der Waals surface area contributed by atoms with Crippen LogP contribution in [0, 0.1) is 5.92 Å². The summed E-state index contributed by atoms with van der Waals surface area (Å²) in [6, 6.07) is 3.30. The Hall–Kier alpha value is -2.21. The Morgan fingerprint density at radius 1 is 1.35 bits per heavy atom. The van der Waals surface area contributed by atoms with Gasteiger partial charge in [-0.25, -0.2) is 4.98 Å². The van der Waals surface area contributed by atoms with E-state index in [0.717, 1.165) is 18.8 Å². The molecule has 0 aliphatic carbocycles. The van der Waals surface area contributed by atoms with Gasteiger partial charge >= 0.3 is 0 Å². The molecule has 1 amide bonds. The first-order chi connectivity index (χ1) is 11.1. The average Bonchev–Trinajstić information content (AvgIpc) is 3.03. The first kappa shape index (κ1) is 15.7. The van der Waals surface area contributed by atoms with Crippen LogP contribution in [-0.4, -0.2) is 29.7 Å². The third-order valence-electron chi connectivity index (χ3n) is 4.05. The van der Waals surface area contributed by atoms with Crippen molar-refractivity contribution >= 4 is 23.2 Å². The molecule has 1 unspecified atom stereocenters. The number of carbonyl (C=O) groups is 1. The molecular formula is C16H18ClN3O3. The number of ether oxygens (including phenoxy) is 2. The molecule has 1 aliphatic heterocycles. The molecule has 0 fully saturated rings. The smallest absolute Gasteiger partial charge is 0.228 e. The molecule has 1 N–H and O–H groups in total. The molecule has 0 radical (unpaired) electrons. The fourth-order valence-electron chi connectivity index (χ4n) is 2.77. The van der Waals surface area contributed by atoms with Crippen molar-refractivity contribution in [2.75, 3.05) is 19.5 Å². The number of aromatic nitrogens is 2. The van der Waals surface area contributed by atoms with E-state index in [4.69, 9.17) is 21.1 Å². The molecule has 7 heteroatoms. The van der Waals surface area contributed by atoms with E-state index >= 15 is 0 Å². The zero-order valence-corrected chi connectivity index (χ0v) is 13.8. The van der Waals surface area contributed by atoms with Crippen LogP contribution in [0.4, 0.5) is 5.69 Å². The zero-order chi connectivity index (χ0) is 16.4. The highest BCUT2D eigenvalue weighted by Crippen LogP contribution is 2.36. The van der Waals surface area contributed by atoms with E-state index < -0.39 is 0 Å². The number of amides is 1. The van der Waals surface area contributed by atoms with Gasteiger partial charge in [-0.05, 0) is 6.42 Å². The van der Waals surface area contributed by atoms with Gasteiger partial charge in [-0.15, -0.1) is 0 Å². The molecular weight excluding hydrogens is 318 g/mol. The Morgan fingerprint density at radius 3 is 2.87 bits per heavy atom. The summed E-state index contributed by atoms with van der Waals surface area (Å²) in [7, 11) is 3.06. The fourth-order valence-corrected chi connectivity index (χ4v) is 3.00. The number of benzene rings is 1. The number of imidazole rings is 1. The summed E-state index contributed by atoms with van der Waals surface area (Å²) in [5.41, 5.74) is 0.549. The van der Waals surface area contributed by atoms with Crippen LogP contribution in [0.25, 0.3) is 0 Å². The van der Waals surface area contributed by atoms with Gasteiger partial charge in [0, 0.05) is 43.4 Å². The second-order valence-electron chi connectivity index (χ2n) is 5.40. The molecule has 0 saturated heterocycles. The van der Waals surface area contributed by atoms with Crippen molar-refractivity contribution in [3.05, 3.63) is 35.4 Å². The van der Waals surface area contributed by atoms with Crippen molar-refractivity contribution < 1.29 is 14.3 Å². The van der Waals surface area contributed by atoms with E-state index in [2.05, 4.69) is 14.9 Å². The predicted molar refractivity (Wildman–Crippen MR) is 87.2 cm³/mol. The molecule has 3 rings (SSSR count). The second kappa shape index (κ2) is 6.50. The van der Waals surface area contributed by atoms with Gasteiger partial charge in [-0.1, -0.05) is 11.6 Å². The summed E-state index contributed by atoms with van der Waals surface area (Å²) in [6.45, 7) is 0.800. The third-order valence-corrected chi connectivity index (χ3v) is 4.35. The first-order valence-corrected chi connectivity index (χ1v) is 7.72. The summed E-state index contributed by atoms with van der Waals surface area (Å²) >= 11 is 6.08. The lowest BCUT2D eigenvalue weighted by Crippen LogP contribution is -2.30. The number of aryl methyl sites for hydroxylation is 1. The van der Waals surface area contributed by atoms with E-state index in [0.29, 0.717) is 28.6 Å². The van der Waals surface area contributed by atoms with Crippen molar-refractivity contribution in [2.45, 2.75) is 19.4 Å². The SMILES string of the molecule is COc1cc(NC(=O)C2CCn3ccnc3C2)c(OC)cc1Cl. The quantitative estimate of drug-likeness (QED) is 0.933. The van der Waals surface area contributed by atoms with Crippen LogP contribution in [0.15, 0.2) is 24.5 Å². The maximum atomic E-state index is 12.6. The number of nitrogens with zero attached hydrogens (tertiary/aromatic N) is 2. The highest BCUT2D eigenvalue weighted by molar-refractivity contribution is 6.32. The number of anilines is 1. The van der Waals surface area contributed by atoms with Crippen molar-refractivity contribution in [2.24, 2.45) is 5.92 Å². The molecule has 2 aromatic rings. The van der Waals surface area contributed by atoms with E-state index in [1.165, 1.54) is 14.2 Å². The topological polar surface area (TPSA) is 65.4 Å². The van der Waals surface area contributed by atoms with Gasteiger partial charge in [0.2, 0.25) is 5.91 Å². The molecule has 6 nitrogen and oxygen atoms in total. The minimum Gasteiger partial charge on any atom is -0.495 e. The lowest BCUT2D eigenvalue weighted by atomic mass is 9.97. The average molecular weight is 336 g/mol. The van der Waals surface area contributed by atoms with Crippen molar-refractivity contribution in [1.29, 1.82) is 0 Å². The molecule has 0 bridgehead atoms. The van der Waals surface area contributed by atoms with Gasteiger partial charge in [0.05, 0.1) is 24.9 Å². The van der Waals surface area contributed by atoms with Crippen molar-refractivity contribution in [3.8, 4) is 11.5 Å². The van der Waals surface area contributed by atoms with Gasteiger partial charge in [0.15, 0.2) is 0 Å². The minimum atomic E-state index is -0.115. The number of carbonyl (C=O) groups excluding carboxylic acids is 1. The minimum absolute atomic E-state index is 0.0538. The normalized spacial score (nSPS) is 16.6. The molecule has 1 aromatic heterocycles. The Morgan fingerprint density at radius 2 is 2.13 bits per heavy atom. The van der Waals surface area contributed by atoms with Crippen LogP contribution in [0.3, 0.4) is 0 Å². The summed E-state index contributed by atoms with van der Waals surface area (Å²) in [6.07, 6.45) is 5.12. The van der Waals surface area contributed by atoms with Gasteiger partial charge in [0.25, 0.3) is 0 Å². The summed E-state index contributed by atoms with van der Waals surface area (Å²) < 4.78 is 12.6. The summed E-state index contributed by atoms with van der Waals surface area (Å²) in [5.74, 6) is 1.76. The monoisotopic (exact) mass is 335 g/mol. The van der Waals surface area contributed by atoms with Gasteiger partial charge in [-0.2, -0.15) is 0 Å². The molecule has 1 atom stereocenters. The maximum absolute atomic E-state index is 12.6. The number of rotatable bonds is 4. The number of hydrogen-bond donors (Lipinski definition) is 1. The zero-order valence-electron chi connectivity index (χ0n) is 13.0. The van der Waals surface area contributed by atoms with E-state index in [9.17, 15) is 4.79 Å². The van der Waals surface area contributed by atoms with Crippen LogP contribution < -0.4 is 14.8 Å². The van der Waals surface area contributed by atoms with Gasteiger partial charge in [0.1, 0.15) is 17.3 Å². The largest absolute Gasteiger partial charge is 0.495 e. The summed E-state index contributed by atoms with van der Waals surface area (Å²) in [5, 5.41) is 3.35. The molecule has 23 heavy (non-hydrogen) atoms. The highest BCUT2D eigenvalue weighted by atomic mass is 35.5. The number of halogens is 1. The molecule has 1 aromatic carbocycles. The number of nitrogens with one attached hydrogen (secondary N) is 1. The Labute approximate surface area is 139 Å². The lowest BCUT2D eigenvalue weighted by Gasteiger charge is -2.23. The fraction of sp³-hybridized carbons (Fsp3) is 0.375. The molecule has 1 aliphatic rings. The molecule has 2 heterocycles. The number of methoxy groups -OCH3 is 2. The Bertz CT molecular complexity index is 729. The molecule has 122 valence electrons. The van der Waals surface area contributed by atoms with E-state index in [1.807, 2.05) is 6.20 Å². The number of hydrogen-bond acceptors (Lipinski definition) is 4. The Balaban J connectivity index is 1.78. The summed E-state index contributed by atoms with van der Waals surface area (Å²) in [4.78, 5) is 16.9. The van der Waals surface area contributed by atoms with E-state index in [-0.39, 0.29) is 11.8 Å². The van der Waals surface area contributed by atoms with Crippen LogP contribution in [-0.2, 0) is 17.8 Å². The highest BCUT2D eigenvalue weighted by Gasteiger charge is 2.26. The first-order valence-electron chi connectivity index (χ1n) is 7.34. The van der Waals surface area contributed by atoms with Crippen molar-refractivity contribution in [1.82, 2.24) is 9.55 Å². The van der Waals surface area contributed by atoms with Crippen molar-refractivity contribution in [3.63, 3.8) is 0 Å². The van der Waals surface area contributed by atoms with E-state index in [1.54, 1.807) is 18.3 Å². The standard InChI is InChI=1S/C16H18ClN3O3/c1-22-13-9-12(14(23-2)8-11(13)17)19-16(21)10-3-5-20-6-4-18-15(20)7-10/h4,6,8-10H,3,5,7H2,1-2H3,(H,19,21).